The summed E-state index contributed by atoms with van der Waals surface area (Å²) in [5, 5.41) is 22.1. The molecule has 2 heterocycles. The maximum absolute atomic E-state index is 12.9. The normalized spacial score (nSPS) is 32.1. The van der Waals surface area contributed by atoms with Crippen LogP contribution in [-0.2, 0) is 17.8 Å². The van der Waals surface area contributed by atoms with Gasteiger partial charge in [0.05, 0.1) is 19.3 Å². The zero-order valence-electron chi connectivity index (χ0n) is 20.5. The number of carbonyl (C=O) groups excluding carboxylic acids is 1. The molecule has 3 aliphatic rings. The van der Waals surface area contributed by atoms with Crippen molar-refractivity contribution in [3.05, 3.63) is 65.7 Å². The first-order valence-electron chi connectivity index (χ1n) is 12.6. The molecule has 2 aromatic rings. The molecule has 35 heavy (non-hydrogen) atoms. The minimum Gasteiger partial charge on any atom is -0.497 e. The number of fused-ring (bicyclic) bond motifs is 1. The van der Waals surface area contributed by atoms with Crippen LogP contribution in [0.4, 0.5) is 4.79 Å². The van der Waals surface area contributed by atoms with E-state index in [0.717, 1.165) is 36.1 Å². The van der Waals surface area contributed by atoms with Crippen molar-refractivity contribution in [2.24, 2.45) is 5.92 Å². The molecule has 6 atom stereocenters. The highest BCUT2D eigenvalue weighted by Gasteiger charge is 2.59. The van der Waals surface area contributed by atoms with Gasteiger partial charge in [0.25, 0.3) is 0 Å². The quantitative estimate of drug-likeness (QED) is 0.661. The van der Waals surface area contributed by atoms with Crippen LogP contribution in [-0.4, -0.2) is 76.6 Å². The molecule has 188 valence electrons. The van der Waals surface area contributed by atoms with Gasteiger partial charge in [-0.25, -0.2) is 4.79 Å². The first-order chi connectivity index (χ1) is 16.9. The first kappa shape index (κ1) is 24.1. The van der Waals surface area contributed by atoms with E-state index < -0.39 is 12.2 Å². The van der Waals surface area contributed by atoms with Crippen molar-refractivity contribution in [3.63, 3.8) is 0 Å². The van der Waals surface area contributed by atoms with Crippen LogP contribution in [0.15, 0.2) is 54.6 Å². The van der Waals surface area contributed by atoms with Crippen LogP contribution in [0, 0.1) is 5.92 Å². The van der Waals surface area contributed by atoms with Gasteiger partial charge in [0.2, 0.25) is 0 Å². The van der Waals surface area contributed by atoms with E-state index in [1.165, 1.54) is 0 Å². The maximum Gasteiger partial charge on any atom is 0.410 e. The Kier molecular flexibility index (Phi) is 6.75. The van der Waals surface area contributed by atoms with Gasteiger partial charge in [0, 0.05) is 37.1 Å². The van der Waals surface area contributed by atoms with Gasteiger partial charge in [-0.15, -0.1) is 0 Å². The summed E-state index contributed by atoms with van der Waals surface area (Å²) in [4.78, 5) is 17.1. The average Bonchev–Trinajstić information content (AvgIpc) is 3.26. The Morgan fingerprint density at radius 3 is 2.54 bits per heavy atom. The van der Waals surface area contributed by atoms with Crippen molar-refractivity contribution in [1.82, 2.24) is 9.80 Å². The van der Waals surface area contributed by atoms with Crippen LogP contribution >= 0.6 is 0 Å². The van der Waals surface area contributed by atoms with E-state index in [0.29, 0.717) is 19.4 Å². The molecule has 5 rings (SSSR count). The summed E-state index contributed by atoms with van der Waals surface area (Å²) in [6, 6.07) is 17.6. The van der Waals surface area contributed by atoms with Gasteiger partial charge < -0.3 is 24.6 Å². The van der Waals surface area contributed by atoms with E-state index in [-0.39, 0.29) is 36.2 Å². The molecule has 2 aromatic carbocycles. The largest absolute Gasteiger partial charge is 0.497 e. The lowest BCUT2D eigenvalue weighted by atomic mass is 9.65. The monoisotopic (exact) mass is 480 g/mol. The second kappa shape index (κ2) is 9.80. The number of hydrogen-bond donors (Lipinski definition) is 2. The fourth-order valence-electron chi connectivity index (χ4n) is 6.56. The topological polar surface area (TPSA) is 82.5 Å². The Morgan fingerprint density at radius 2 is 1.83 bits per heavy atom. The Hall–Kier alpha value is -2.61. The SMILES string of the molecule is COc1ccc(C[C@H]2[C@@H](O)[C@H]3C[C@@]4(CC[C@@H]3O)C[C@H](N(C)C(=O)OCc3ccccc3)CN24)cc1. The number of piperidine rings is 1. The lowest BCUT2D eigenvalue weighted by molar-refractivity contribution is -0.146. The summed E-state index contributed by atoms with van der Waals surface area (Å²) < 4.78 is 10.9. The van der Waals surface area contributed by atoms with Crippen molar-refractivity contribution < 1.29 is 24.5 Å². The molecule has 1 spiro atoms. The predicted octanol–water partition coefficient (Wildman–Crippen LogP) is 3.22. The molecule has 0 aromatic heterocycles. The number of hydrogen-bond acceptors (Lipinski definition) is 6. The molecule has 7 heteroatoms. The van der Waals surface area contributed by atoms with E-state index in [4.69, 9.17) is 9.47 Å². The summed E-state index contributed by atoms with van der Waals surface area (Å²) in [6.07, 6.45) is 2.41. The zero-order valence-corrected chi connectivity index (χ0v) is 20.5. The number of amides is 1. The average molecular weight is 481 g/mol. The molecule has 1 saturated carbocycles. The molecule has 3 fully saturated rings. The van der Waals surface area contributed by atoms with Crippen LogP contribution in [0.25, 0.3) is 0 Å². The van der Waals surface area contributed by atoms with Crippen LogP contribution in [0.1, 0.15) is 36.8 Å². The standard InChI is InChI=1S/C28H36N2O5/c1-29(27(33)35-18-20-6-4-3-5-7-20)21-15-28-13-12-25(31)23(16-28)26(32)24(30(28)17-21)14-19-8-10-22(34-2)11-9-19/h3-11,21,23-26,31-32H,12-18H2,1-2H3/t21-,23-,24-,25-,26-,28+/m0/s1. The summed E-state index contributed by atoms with van der Waals surface area (Å²) >= 11 is 0. The predicted molar refractivity (Wildman–Crippen MR) is 132 cm³/mol. The number of aliphatic hydroxyl groups is 2. The summed E-state index contributed by atoms with van der Waals surface area (Å²) in [6.45, 7) is 0.941. The van der Waals surface area contributed by atoms with Gasteiger partial charge in [0.15, 0.2) is 0 Å². The Bertz CT molecular complexity index is 1020. The Balaban J connectivity index is 1.33. The highest BCUT2D eigenvalue weighted by molar-refractivity contribution is 5.67. The third-order valence-electron chi connectivity index (χ3n) is 8.53. The minimum absolute atomic E-state index is 0.00201. The van der Waals surface area contributed by atoms with Gasteiger partial charge >= 0.3 is 6.09 Å². The number of ether oxygens (including phenoxy) is 2. The molecule has 2 bridgehead atoms. The van der Waals surface area contributed by atoms with E-state index in [2.05, 4.69) is 4.90 Å². The lowest BCUT2D eigenvalue weighted by Gasteiger charge is -2.56. The summed E-state index contributed by atoms with van der Waals surface area (Å²) in [7, 11) is 3.47. The van der Waals surface area contributed by atoms with Crippen molar-refractivity contribution >= 4 is 6.09 Å². The van der Waals surface area contributed by atoms with E-state index in [1.54, 1.807) is 12.0 Å². The zero-order chi connectivity index (χ0) is 24.6. The molecule has 2 saturated heterocycles. The second-order valence-corrected chi connectivity index (χ2v) is 10.5. The Labute approximate surface area is 207 Å². The third kappa shape index (κ3) is 4.65. The smallest absolute Gasteiger partial charge is 0.410 e. The van der Waals surface area contributed by atoms with Gasteiger partial charge in [-0.3, -0.25) is 4.90 Å². The maximum atomic E-state index is 12.9. The number of benzene rings is 2. The number of carbonyl (C=O) groups is 1. The van der Waals surface area contributed by atoms with E-state index in [1.807, 2.05) is 61.6 Å². The van der Waals surface area contributed by atoms with Crippen LogP contribution < -0.4 is 4.74 Å². The van der Waals surface area contributed by atoms with Crippen LogP contribution in [0.2, 0.25) is 0 Å². The van der Waals surface area contributed by atoms with Gasteiger partial charge in [-0.05, 0) is 55.4 Å². The van der Waals surface area contributed by atoms with E-state index >= 15 is 0 Å². The highest BCUT2D eigenvalue weighted by atomic mass is 16.6. The van der Waals surface area contributed by atoms with Gasteiger partial charge in [0.1, 0.15) is 12.4 Å². The van der Waals surface area contributed by atoms with Gasteiger partial charge in [-0.2, -0.15) is 0 Å². The van der Waals surface area contributed by atoms with Crippen molar-refractivity contribution in [2.45, 2.75) is 68.5 Å². The minimum atomic E-state index is -0.616. The Morgan fingerprint density at radius 1 is 1.09 bits per heavy atom. The van der Waals surface area contributed by atoms with Crippen LogP contribution in [0.3, 0.4) is 0 Å². The lowest BCUT2D eigenvalue weighted by Crippen LogP contribution is -2.66. The number of aliphatic hydroxyl groups excluding tert-OH is 2. The number of nitrogens with zero attached hydrogens (tertiary/aromatic N) is 2. The molecule has 2 N–H and O–H groups in total. The first-order valence-corrected chi connectivity index (χ1v) is 12.6. The molecule has 2 aliphatic heterocycles. The van der Waals surface area contributed by atoms with Crippen molar-refractivity contribution in [2.75, 3.05) is 20.7 Å². The number of rotatable bonds is 6. The second-order valence-electron chi connectivity index (χ2n) is 10.5. The molecule has 0 unspecified atom stereocenters. The number of methoxy groups -OCH3 is 1. The summed E-state index contributed by atoms with van der Waals surface area (Å²) in [5.74, 6) is 0.663. The fourth-order valence-corrected chi connectivity index (χ4v) is 6.56. The highest BCUT2D eigenvalue weighted by Crippen LogP contribution is 2.52. The molecule has 1 aliphatic carbocycles. The third-order valence-corrected chi connectivity index (χ3v) is 8.53. The molecular formula is C28H36N2O5. The fraction of sp³-hybridized carbons (Fsp3) is 0.536. The van der Waals surface area contributed by atoms with Gasteiger partial charge in [-0.1, -0.05) is 42.5 Å². The number of likely N-dealkylation sites (N-methyl/N-ethyl adjacent to an activating group) is 1. The summed E-state index contributed by atoms with van der Waals surface area (Å²) in [5.41, 5.74) is 1.97. The van der Waals surface area contributed by atoms with E-state index in [9.17, 15) is 15.0 Å². The van der Waals surface area contributed by atoms with Crippen LogP contribution in [0.5, 0.6) is 5.75 Å². The molecule has 0 radical (unpaired) electrons. The molecule has 1 amide bonds. The molecular weight excluding hydrogens is 444 g/mol. The van der Waals surface area contributed by atoms with Crippen molar-refractivity contribution in [1.29, 1.82) is 0 Å². The van der Waals surface area contributed by atoms with Crippen molar-refractivity contribution in [3.8, 4) is 5.75 Å². The molecule has 7 nitrogen and oxygen atoms in total.